The molecule has 0 unspecified atom stereocenters. The van der Waals surface area contributed by atoms with Crippen LogP contribution >= 0.6 is 0 Å². The summed E-state index contributed by atoms with van der Waals surface area (Å²) in [5.41, 5.74) is 5.37. The molecule has 0 radical (unpaired) electrons. The fourth-order valence-electron chi connectivity index (χ4n) is 2.99. The number of hydrogen-bond acceptors (Lipinski definition) is 2. The molecule has 2 rings (SSSR count). The Labute approximate surface area is 111 Å². The van der Waals surface area contributed by atoms with Gasteiger partial charge in [0.1, 0.15) is 0 Å². The summed E-state index contributed by atoms with van der Waals surface area (Å²) in [4.78, 5) is 11.7. The lowest BCUT2D eigenvalue weighted by atomic mass is 9.80. The molecule has 2 aliphatic carbocycles. The summed E-state index contributed by atoms with van der Waals surface area (Å²) in [6, 6.07) is 0. The number of carbonyl (C=O) groups is 1. The largest absolute Gasteiger partial charge is 0.354 e. The van der Waals surface area contributed by atoms with Crippen molar-refractivity contribution in [3.63, 3.8) is 0 Å². The second kappa shape index (κ2) is 6.05. The highest BCUT2D eigenvalue weighted by atomic mass is 16.2. The van der Waals surface area contributed by atoms with Crippen LogP contribution in [0.15, 0.2) is 0 Å². The molecule has 0 spiro atoms. The molecule has 3 heteroatoms. The molecule has 3 nitrogen and oxygen atoms in total. The number of nitrogens with one attached hydrogen (secondary N) is 1. The maximum absolute atomic E-state index is 11.7. The first-order valence-electron chi connectivity index (χ1n) is 7.71. The van der Waals surface area contributed by atoms with Gasteiger partial charge in [-0.05, 0) is 37.5 Å². The molecule has 18 heavy (non-hydrogen) atoms. The molecule has 2 saturated carbocycles. The monoisotopic (exact) mass is 252 g/mol. The van der Waals surface area contributed by atoms with Gasteiger partial charge in [-0.1, -0.05) is 39.0 Å². The van der Waals surface area contributed by atoms with Crippen molar-refractivity contribution in [2.75, 3.05) is 6.54 Å². The molecule has 0 aromatic heterocycles. The van der Waals surface area contributed by atoms with Crippen LogP contribution in [0, 0.1) is 11.8 Å². The van der Waals surface area contributed by atoms with Crippen LogP contribution in [0.3, 0.4) is 0 Å². The molecule has 0 aliphatic heterocycles. The molecule has 0 aromatic carbocycles. The van der Waals surface area contributed by atoms with Crippen LogP contribution in [-0.4, -0.2) is 18.0 Å². The first kappa shape index (κ1) is 13.9. The summed E-state index contributed by atoms with van der Waals surface area (Å²) in [6.45, 7) is 3.11. The van der Waals surface area contributed by atoms with E-state index in [1.54, 1.807) is 0 Å². The minimum atomic E-state index is -0.502. The minimum absolute atomic E-state index is 0.0793. The molecule has 104 valence electrons. The topological polar surface area (TPSA) is 55.1 Å². The number of nitrogens with two attached hydrogens (primary N) is 1. The van der Waals surface area contributed by atoms with Gasteiger partial charge in [-0.15, -0.1) is 0 Å². The smallest absolute Gasteiger partial charge is 0.240 e. The Morgan fingerprint density at radius 1 is 1.22 bits per heavy atom. The van der Waals surface area contributed by atoms with Gasteiger partial charge >= 0.3 is 0 Å². The van der Waals surface area contributed by atoms with E-state index in [1.165, 1.54) is 44.9 Å². The first-order chi connectivity index (χ1) is 8.64. The van der Waals surface area contributed by atoms with Crippen LogP contribution < -0.4 is 11.1 Å². The molecular weight excluding hydrogens is 224 g/mol. The second-order valence-corrected chi connectivity index (χ2v) is 6.40. The minimum Gasteiger partial charge on any atom is -0.354 e. The van der Waals surface area contributed by atoms with Crippen LogP contribution in [0.2, 0.25) is 0 Å². The average Bonchev–Trinajstić information content (AvgIpc) is 3.14. The highest BCUT2D eigenvalue weighted by Gasteiger charge is 2.45. The zero-order valence-corrected chi connectivity index (χ0v) is 11.7. The molecule has 0 aromatic rings. The van der Waals surface area contributed by atoms with Crippen molar-refractivity contribution >= 4 is 5.91 Å². The average molecular weight is 252 g/mol. The Hall–Kier alpha value is -0.570. The molecule has 2 fully saturated rings. The SMILES string of the molecule is CCCCC1CCC(CNC(=O)C2(N)CC2)CC1. The summed E-state index contributed by atoms with van der Waals surface area (Å²) in [6.07, 6.45) is 11.1. The Kier molecular flexibility index (Phi) is 4.66. The van der Waals surface area contributed by atoms with Gasteiger partial charge in [0.2, 0.25) is 5.91 Å². The van der Waals surface area contributed by atoms with Gasteiger partial charge in [0.25, 0.3) is 0 Å². The van der Waals surface area contributed by atoms with Gasteiger partial charge in [0.15, 0.2) is 0 Å². The third-order valence-corrected chi connectivity index (χ3v) is 4.72. The van der Waals surface area contributed by atoms with Crippen molar-refractivity contribution in [3.8, 4) is 0 Å². The molecule has 0 saturated heterocycles. The van der Waals surface area contributed by atoms with E-state index in [0.29, 0.717) is 5.92 Å². The van der Waals surface area contributed by atoms with Crippen LogP contribution in [0.1, 0.15) is 64.7 Å². The number of hydrogen-bond donors (Lipinski definition) is 2. The predicted octanol–water partition coefficient (Wildman–Crippen LogP) is 2.59. The van der Waals surface area contributed by atoms with E-state index >= 15 is 0 Å². The van der Waals surface area contributed by atoms with E-state index in [0.717, 1.165) is 25.3 Å². The Morgan fingerprint density at radius 2 is 1.83 bits per heavy atom. The van der Waals surface area contributed by atoms with E-state index in [1.807, 2.05) is 0 Å². The normalized spacial score (nSPS) is 29.9. The maximum atomic E-state index is 11.7. The van der Waals surface area contributed by atoms with Crippen LogP contribution in [0.25, 0.3) is 0 Å². The second-order valence-electron chi connectivity index (χ2n) is 6.40. The van der Waals surface area contributed by atoms with Crippen LogP contribution in [0.5, 0.6) is 0 Å². The summed E-state index contributed by atoms with van der Waals surface area (Å²) in [5.74, 6) is 1.71. The third kappa shape index (κ3) is 3.71. The van der Waals surface area contributed by atoms with Crippen molar-refractivity contribution in [1.29, 1.82) is 0 Å². The number of unbranched alkanes of at least 4 members (excludes halogenated alkanes) is 1. The molecule has 2 aliphatic rings. The zero-order valence-electron chi connectivity index (χ0n) is 11.7. The number of rotatable bonds is 6. The number of carbonyl (C=O) groups excluding carboxylic acids is 1. The fraction of sp³-hybridized carbons (Fsp3) is 0.933. The summed E-state index contributed by atoms with van der Waals surface area (Å²) < 4.78 is 0. The standard InChI is InChI=1S/C15H28N2O/c1-2-3-4-12-5-7-13(8-6-12)11-17-14(18)15(16)9-10-15/h12-13H,2-11,16H2,1H3,(H,17,18). The van der Waals surface area contributed by atoms with Crippen molar-refractivity contribution in [2.24, 2.45) is 17.6 Å². The predicted molar refractivity (Wildman–Crippen MR) is 74.1 cm³/mol. The lowest BCUT2D eigenvalue weighted by Gasteiger charge is -2.28. The molecule has 0 bridgehead atoms. The maximum Gasteiger partial charge on any atom is 0.240 e. The van der Waals surface area contributed by atoms with Crippen molar-refractivity contribution < 1.29 is 4.79 Å². The first-order valence-corrected chi connectivity index (χ1v) is 7.71. The summed E-state index contributed by atoms with van der Waals surface area (Å²) in [5, 5.41) is 3.05. The Balaban J connectivity index is 1.60. The number of amides is 1. The zero-order chi connectivity index (χ0) is 13.0. The van der Waals surface area contributed by atoms with Gasteiger partial charge in [-0.2, -0.15) is 0 Å². The lowest BCUT2D eigenvalue weighted by Crippen LogP contribution is -2.44. The molecule has 0 heterocycles. The van der Waals surface area contributed by atoms with Crippen LogP contribution in [-0.2, 0) is 4.79 Å². The van der Waals surface area contributed by atoms with Crippen molar-refractivity contribution in [2.45, 2.75) is 70.3 Å². The highest BCUT2D eigenvalue weighted by molar-refractivity contribution is 5.88. The third-order valence-electron chi connectivity index (χ3n) is 4.72. The van der Waals surface area contributed by atoms with Gasteiger partial charge < -0.3 is 11.1 Å². The lowest BCUT2D eigenvalue weighted by molar-refractivity contribution is -0.123. The molecule has 0 atom stereocenters. The van der Waals surface area contributed by atoms with Gasteiger partial charge in [-0.25, -0.2) is 0 Å². The van der Waals surface area contributed by atoms with E-state index in [9.17, 15) is 4.79 Å². The quantitative estimate of drug-likeness (QED) is 0.763. The van der Waals surface area contributed by atoms with E-state index in [4.69, 9.17) is 5.73 Å². The molecule has 1 amide bonds. The highest BCUT2D eigenvalue weighted by Crippen LogP contribution is 2.33. The fourth-order valence-corrected chi connectivity index (χ4v) is 2.99. The summed E-state index contributed by atoms with van der Waals surface area (Å²) in [7, 11) is 0. The van der Waals surface area contributed by atoms with Gasteiger partial charge in [0.05, 0.1) is 5.54 Å². The van der Waals surface area contributed by atoms with Crippen molar-refractivity contribution in [1.82, 2.24) is 5.32 Å². The summed E-state index contributed by atoms with van der Waals surface area (Å²) >= 11 is 0. The Morgan fingerprint density at radius 3 is 2.39 bits per heavy atom. The van der Waals surface area contributed by atoms with E-state index in [2.05, 4.69) is 12.2 Å². The molecule has 3 N–H and O–H groups in total. The van der Waals surface area contributed by atoms with E-state index < -0.39 is 5.54 Å². The molecular formula is C15H28N2O. The van der Waals surface area contributed by atoms with Gasteiger partial charge in [0, 0.05) is 6.54 Å². The van der Waals surface area contributed by atoms with Crippen LogP contribution in [0.4, 0.5) is 0 Å². The van der Waals surface area contributed by atoms with E-state index in [-0.39, 0.29) is 5.91 Å². The Bertz CT molecular complexity index is 278. The van der Waals surface area contributed by atoms with Crippen molar-refractivity contribution in [3.05, 3.63) is 0 Å². The van der Waals surface area contributed by atoms with Gasteiger partial charge in [-0.3, -0.25) is 4.79 Å².